The first-order valence-corrected chi connectivity index (χ1v) is 8.54. The average Bonchev–Trinajstić information content (AvgIpc) is 2.64. The summed E-state index contributed by atoms with van der Waals surface area (Å²) in [7, 11) is -3.17. The molecular formula is C14H20N2O3S. The fourth-order valence-electron chi connectivity index (χ4n) is 2.31. The largest absolute Gasteiger partial charge is 0.337 e. The molecule has 0 N–H and O–H groups in total. The molecule has 0 aromatic heterocycles. The van der Waals surface area contributed by atoms with E-state index in [0.717, 1.165) is 5.56 Å². The van der Waals surface area contributed by atoms with Crippen LogP contribution in [0.4, 0.5) is 0 Å². The highest BCUT2D eigenvalue weighted by Gasteiger charge is 2.24. The molecule has 1 heterocycles. The van der Waals surface area contributed by atoms with Gasteiger partial charge in [0.15, 0.2) is 0 Å². The third kappa shape index (κ3) is 3.58. The van der Waals surface area contributed by atoms with E-state index in [2.05, 4.69) is 0 Å². The molecule has 0 atom stereocenters. The zero-order valence-electron chi connectivity index (χ0n) is 11.9. The first-order valence-electron chi connectivity index (χ1n) is 6.69. The normalized spacial score (nSPS) is 17.8. The van der Waals surface area contributed by atoms with Crippen molar-refractivity contribution in [1.82, 2.24) is 9.21 Å². The smallest absolute Gasteiger partial charge is 0.253 e. The minimum Gasteiger partial charge on any atom is -0.337 e. The molecule has 1 aromatic carbocycles. The zero-order valence-corrected chi connectivity index (χ0v) is 12.7. The summed E-state index contributed by atoms with van der Waals surface area (Å²) >= 11 is 0. The number of carbonyl (C=O) groups excluding carboxylic acids is 1. The van der Waals surface area contributed by atoms with Crippen molar-refractivity contribution in [2.45, 2.75) is 13.3 Å². The van der Waals surface area contributed by atoms with E-state index in [1.54, 1.807) is 4.90 Å². The van der Waals surface area contributed by atoms with Crippen LogP contribution in [0.2, 0.25) is 0 Å². The van der Waals surface area contributed by atoms with Crippen molar-refractivity contribution in [2.24, 2.45) is 0 Å². The zero-order chi connectivity index (χ0) is 14.8. The number of aryl methyl sites for hydroxylation is 1. The standard InChI is InChI=1S/C14H20N2O3S/c1-12-4-6-13(7-5-12)14(17)15-8-3-9-16(11-10-15)20(2,18)19/h4-7H,3,8-11H2,1-2H3. The van der Waals surface area contributed by atoms with Gasteiger partial charge in [-0.3, -0.25) is 4.79 Å². The Morgan fingerprint density at radius 2 is 1.70 bits per heavy atom. The van der Waals surface area contributed by atoms with Gasteiger partial charge in [-0.1, -0.05) is 17.7 Å². The number of hydrogen-bond donors (Lipinski definition) is 0. The molecule has 20 heavy (non-hydrogen) atoms. The lowest BCUT2D eigenvalue weighted by Crippen LogP contribution is -2.36. The molecule has 1 fully saturated rings. The van der Waals surface area contributed by atoms with E-state index in [9.17, 15) is 13.2 Å². The Morgan fingerprint density at radius 3 is 2.30 bits per heavy atom. The Morgan fingerprint density at radius 1 is 1.05 bits per heavy atom. The van der Waals surface area contributed by atoms with Crippen LogP contribution in [-0.4, -0.2) is 56.0 Å². The summed E-state index contributed by atoms with van der Waals surface area (Å²) in [6.45, 7) is 3.87. The third-order valence-electron chi connectivity index (χ3n) is 3.51. The van der Waals surface area contributed by atoms with E-state index in [4.69, 9.17) is 0 Å². The van der Waals surface area contributed by atoms with Crippen LogP contribution in [-0.2, 0) is 10.0 Å². The van der Waals surface area contributed by atoms with Gasteiger partial charge in [0, 0.05) is 31.7 Å². The maximum Gasteiger partial charge on any atom is 0.253 e. The number of rotatable bonds is 2. The van der Waals surface area contributed by atoms with Gasteiger partial charge in [0.1, 0.15) is 0 Å². The molecule has 6 heteroatoms. The minimum absolute atomic E-state index is 0.0275. The van der Waals surface area contributed by atoms with Crippen molar-refractivity contribution in [3.05, 3.63) is 35.4 Å². The molecular weight excluding hydrogens is 276 g/mol. The predicted octanol–water partition coefficient (Wildman–Crippen LogP) is 1.10. The molecule has 1 aliphatic heterocycles. The van der Waals surface area contributed by atoms with Crippen LogP contribution in [0, 0.1) is 6.92 Å². The van der Waals surface area contributed by atoms with Gasteiger partial charge in [0.05, 0.1) is 6.26 Å². The van der Waals surface area contributed by atoms with Crippen LogP contribution in [0.25, 0.3) is 0 Å². The molecule has 1 amide bonds. The number of carbonyl (C=O) groups is 1. The molecule has 1 aliphatic rings. The molecule has 0 unspecified atom stereocenters. The highest BCUT2D eigenvalue weighted by atomic mass is 32.2. The Labute approximate surface area is 120 Å². The third-order valence-corrected chi connectivity index (χ3v) is 4.81. The summed E-state index contributed by atoms with van der Waals surface area (Å²) in [6, 6.07) is 7.45. The van der Waals surface area contributed by atoms with Crippen molar-refractivity contribution < 1.29 is 13.2 Å². The van der Waals surface area contributed by atoms with Crippen molar-refractivity contribution in [3.63, 3.8) is 0 Å². The second-order valence-electron chi connectivity index (χ2n) is 5.17. The molecule has 0 saturated carbocycles. The summed E-state index contributed by atoms with van der Waals surface area (Å²) in [5.41, 5.74) is 1.77. The molecule has 5 nitrogen and oxygen atoms in total. The van der Waals surface area contributed by atoms with Gasteiger partial charge < -0.3 is 4.90 Å². The molecule has 0 bridgehead atoms. The summed E-state index contributed by atoms with van der Waals surface area (Å²) in [5, 5.41) is 0. The van der Waals surface area contributed by atoms with Gasteiger partial charge in [-0.2, -0.15) is 0 Å². The van der Waals surface area contributed by atoms with Crippen molar-refractivity contribution >= 4 is 15.9 Å². The van der Waals surface area contributed by atoms with Crippen molar-refractivity contribution in [3.8, 4) is 0 Å². The van der Waals surface area contributed by atoms with Gasteiger partial charge in [0.25, 0.3) is 5.91 Å². The van der Waals surface area contributed by atoms with E-state index in [1.165, 1.54) is 10.6 Å². The van der Waals surface area contributed by atoms with E-state index in [1.807, 2.05) is 31.2 Å². The fourth-order valence-corrected chi connectivity index (χ4v) is 3.18. The summed E-state index contributed by atoms with van der Waals surface area (Å²) in [6.07, 6.45) is 1.88. The Balaban J connectivity index is 2.07. The first kappa shape index (κ1) is 15.0. The van der Waals surface area contributed by atoms with Gasteiger partial charge >= 0.3 is 0 Å². The number of nitrogens with zero attached hydrogens (tertiary/aromatic N) is 2. The van der Waals surface area contributed by atoms with Gasteiger partial charge in [-0.25, -0.2) is 12.7 Å². The minimum atomic E-state index is -3.17. The van der Waals surface area contributed by atoms with Crippen LogP contribution in [0.5, 0.6) is 0 Å². The second-order valence-corrected chi connectivity index (χ2v) is 7.16. The molecule has 2 rings (SSSR count). The van der Waals surface area contributed by atoms with Gasteiger partial charge in [-0.05, 0) is 25.5 Å². The Kier molecular flexibility index (Phi) is 4.45. The summed E-state index contributed by atoms with van der Waals surface area (Å²) in [4.78, 5) is 14.1. The lowest BCUT2D eigenvalue weighted by Gasteiger charge is -2.21. The van der Waals surface area contributed by atoms with Gasteiger partial charge in [-0.15, -0.1) is 0 Å². The highest BCUT2D eigenvalue weighted by molar-refractivity contribution is 7.88. The van der Waals surface area contributed by atoms with Crippen molar-refractivity contribution in [1.29, 1.82) is 0 Å². The van der Waals surface area contributed by atoms with Crippen LogP contribution >= 0.6 is 0 Å². The Bertz CT molecular complexity index is 581. The van der Waals surface area contributed by atoms with Crippen LogP contribution < -0.4 is 0 Å². The van der Waals surface area contributed by atoms with E-state index in [0.29, 0.717) is 38.2 Å². The maximum atomic E-state index is 12.4. The molecule has 1 aromatic rings. The van der Waals surface area contributed by atoms with Gasteiger partial charge in [0.2, 0.25) is 10.0 Å². The number of sulfonamides is 1. The number of amides is 1. The van der Waals surface area contributed by atoms with Crippen molar-refractivity contribution in [2.75, 3.05) is 32.4 Å². The lowest BCUT2D eigenvalue weighted by atomic mass is 10.1. The van der Waals surface area contributed by atoms with Crippen LogP contribution in [0.15, 0.2) is 24.3 Å². The number of benzene rings is 1. The first-order chi connectivity index (χ1) is 9.38. The topological polar surface area (TPSA) is 57.7 Å². The maximum absolute atomic E-state index is 12.4. The summed E-state index contributed by atoms with van der Waals surface area (Å²) in [5.74, 6) is -0.0275. The molecule has 0 radical (unpaired) electrons. The summed E-state index contributed by atoms with van der Waals surface area (Å²) < 4.78 is 24.5. The fraction of sp³-hybridized carbons (Fsp3) is 0.500. The second kappa shape index (κ2) is 5.93. The highest BCUT2D eigenvalue weighted by Crippen LogP contribution is 2.12. The quantitative estimate of drug-likeness (QED) is 0.821. The molecule has 0 aliphatic carbocycles. The molecule has 1 saturated heterocycles. The average molecular weight is 296 g/mol. The molecule has 0 spiro atoms. The van der Waals surface area contributed by atoms with Crippen LogP contribution in [0.1, 0.15) is 22.3 Å². The van der Waals surface area contributed by atoms with E-state index >= 15 is 0 Å². The van der Waals surface area contributed by atoms with E-state index < -0.39 is 10.0 Å². The predicted molar refractivity (Wildman–Crippen MR) is 78.1 cm³/mol. The number of hydrogen-bond acceptors (Lipinski definition) is 3. The SMILES string of the molecule is Cc1ccc(C(=O)N2CCCN(S(C)(=O)=O)CC2)cc1. The molecule has 110 valence electrons. The van der Waals surface area contributed by atoms with Crippen LogP contribution in [0.3, 0.4) is 0 Å². The monoisotopic (exact) mass is 296 g/mol. The Hall–Kier alpha value is -1.40. The lowest BCUT2D eigenvalue weighted by molar-refractivity contribution is 0.0764. The van der Waals surface area contributed by atoms with E-state index in [-0.39, 0.29) is 5.91 Å².